The van der Waals surface area contributed by atoms with E-state index >= 15 is 0 Å². The molecule has 0 radical (unpaired) electrons. The Morgan fingerprint density at radius 2 is 2.11 bits per heavy atom. The molecule has 5 nitrogen and oxygen atoms in total. The number of benzene rings is 1. The second kappa shape index (κ2) is 6.50. The Morgan fingerprint density at radius 3 is 2.63 bits per heavy atom. The number of hydrogen-bond acceptors (Lipinski definition) is 3. The van der Waals surface area contributed by atoms with E-state index in [1.807, 2.05) is 6.07 Å². The quantitative estimate of drug-likeness (QED) is 0.828. The third kappa shape index (κ3) is 3.78. The van der Waals surface area contributed by atoms with Crippen LogP contribution in [0.1, 0.15) is 23.7 Å². The molecule has 19 heavy (non-hydrogen) atoms. The van der Waals surface area contributed by atoms with Gasteiger partial charge in [0, 0.05) is 6.42 Å². The van der Waals surface area contributed by atoms with Crippen LogP contribution in [-0.2, 0) is 4.79 Å². The standard InChI is InChI=1S/C13H14FN3O2/c1-8(6-7-15)11(12(16)18)17-13(19)9-4-2-3-5-10(9)14/h2-5,8,11H,6H2,1H3,(H2,16,18)(H,17,19)/t8-,11-/m1/s1. The van der Waals surface area contributed by atoms with Crippen molar-refractivity contribution in [2.24, 2.45) is 11.7 Å². The maximum absolute atomic E-state index is 13.4. The van der Waals surface area contributed by atoms with Crippen molar-refractivity contribution in [2.45, 2.75) is 19.4 Å². The zero-order valence-electron chi connectivity index (χ0n) is 10.4. The largest absolute Gasteiger partial charge is 0.368 e. The first-order valence-corrected chi connectivity index (χ1v) is 5.69. The molecule has 0 unspecified atom stereocenters. The zero-order chi connectivity index (χ0) is 14.4. The average molecular weight is 263 g/mol. The van der Waals surface area contributed by atoms with E-state index in [1.165, 1.54) is 18.2 Å². The summed E-state index contributed by atoms with van der Waals surface area (Å²) in [6, 6.07) is 6.30. The molecule has 0 saturated carbocycles. The predicted octanol–water partition coefficient (Wildman–Crippen LogP) is 0.959. The molecule has 0 spiro atoms. The summed E-state index contributed by atoms with van der Waals surface area (Å²) in [4.78, 5) is 23.1. The minimum atomic E-state index is -1.01. The average Bonchev–Trinajstić information content (AvgIpc) is 2.36. The molecule has 1 rings (SSSR count). The topological polar surface area (TPSA) is 96.0 Å². The van der Waals surface area contributed by atoms with Gasteiger partial charge in [0.1, 0.15) is 11.9 Å². The van der Waals surface area contributed by atoms with Crippen LogP contribution in [0.5, 0.6) is 0 Å². The van der Waals surface area contributed by atoms with Gasteiger partial charge in [0.2, 0.25) is 5.91 Å². The monoisotopic (exact) mass is 263 g/mol. The fourth-order valence-corrected chi connectivity index (χ4v) is 1.62. The highest BCUT2D eigenvalue weighted by Gasteiger charge is 2.25. The van der Waals surface area contributed by atoms with E-state index in [-0.39, 0.29) is 12.0 Å². The van der Waals surface area contributed by atoms with Gasteiger partial charge in [0.15, 0.2) is 0 Å². The van der Waals surface area contributed by atoms with Crippen molar-refractivity contribution in [3.05, 3.63) is 35.6 Å². The van der Waals surface area contributed by atoms with E-state index in [9.17, 15) is 14.0 Å². The van der Waals surface area contributed by atoms with Gasteiger partial charge < -0.3 is 11.1 Å². The summed E-state index contributed by atoms with van der Waals surface area (Å²) in [6.45, 7) is 1.61. The molecule has 100 valence electrons. The van der Waals surface area contributed by atoms with E-state index in [2.05, 4.69) is 5.32 Å². The lowest BCUT2D eigenvalue weighted by atomic mass is 9.98. The van der Waals surface area contributed by atoms with Crippen molar-refractivity contribution in [1.29, 1.82) is 5.26 Å². The number of amides is 2. The number of nitriles is 1. The Balaban J connectivity index is 2.87. The Kier molecular flexibility index (Phi) is 5.01. The summed E-state index contributed by atoms with van der Waals surface area (Å²) in [6.07, 6.45) is 0.0607. The Labute approximate surface area is 110 Å². The molecular formula is C13H14FN3O2. The van der Waals surface area contributed by atoms with Crippen molar-refractivity contribution in [3.8, 4) is 6.07 Å². The second-order valence-electron chi connectivity index (χ2n) is 4.17. The number of nitrogens with zero attached hydrogens (tertiary/aromatic N) is 1. The summed E-state index contributed by atoms with van der Waals surface area (Å²) in [5.74, 6) is -2.62. The highest BCUT2D eigenvalue weighted by molar-refractivity contribution is 5.97. The van der Waals surface area contributed by atoms with Crippen LogP contribution in [0.15, 0.2) is 24.3 Å². The van der Waals surface area contributed by atoms with E-state index in [1.54, 1.807) is 6.92 Å². The molecule has 0 aliphatic carbocycles. The molecule has 0 saturated heterocycles. The summed E-state index contributed by atoms with van der Waals surface area (Å²) >= 11 is 0. The van der Waals surface area contributed by atoms with Crippen LogP contribution < -0.4 is 11.1 Å². The van der Waals surface area contributed by atoms with Crippen molar-refractivity contribution in [1.82, 2.24) is 5.32 Å². The van der Waals surface area contributed by atoms with Crippen molar-refractivity contribution < 1.29 is 14.0 Å². The zero-order valence-corrected chi connectivity index (χ0v) is 10.4. The van der Waals surface area contributed by atoms with Gasteiger partial charge in [-0.15, -0.1) is 0 Å². The third-order valence-electron chi connectivity index (χ3n) is 2.69. The summed E-state index contributed by atoms with van der Waals surface area (Å²) in [5.41, 5.74) is 5.01. The number of halogens is 1. The van der Waals surface area contributed by atoms with Gasteiger partial charge >= 0.3 is 0 Å². The van der Waals surface area contributed by atoms with Crippen LogP contribution in [0, 0.1) is 23.1 Å². The molecule has 2 amide bonds. The SMILES string of the molecule is C[C@H](CC#N)[C@@H](NC(=O)c1ccccc1F)C(N)=O. The molecule has 3 N–H and O–H groups in total. The molecule has 1 aromatic rings. The predicted molar refractivity (Wildman–Crippen MR) is 66.2 cm³/mol. The van der Waals surface area contributed by atoms with E-state index in [0.29, 0.717) is 0 Å². The van der Waals surface area contributed by atoms with Crippen LogP contribution in [-0.4, -0.2) is 17.9 Å². The number of primary amides is 1. The van der Waals surface area contributed by atoms with Crippen molar-refractivity contribution in [2.75, 3.05) is 0 Å². The van der Waals surface area contributed by atoms with Crippen LogP contribution >= 0.6 is 0 Å². The Morgan fingerprint density at radius 1 is 1.47 bits per heavy atom. The normalized spacial score (nSPS) is 13.1. The number of carbonyl (C=O) groups excluding carboxylic acids is 2. The molecule has 2 atom stereocenters. The number of hydrogen-bond donors (Lipinski definition) is 2. The smallest absolute Gasteiger partial charge is 0.254 e. The van der Waals surface area contributed by atoms with Gasteiger partial charge in [0.25, 0.3) is 5.91 Å². The van der Waals surface area contributed by atoms with Gasteiger partial charge in [0.05, 0.1) is 11.6 Å². The molecule has 0 aliphatic heterocycles. The van der Waals surface area contributed by atoms with Crippen LogP contribution in [0.25, 0.3) is 0 Å². The summed E-state index contributed by atoms with van der Waals surface area (Å²) in [5, 5.41) is 10.9. The Hall–Kier alpha value is -2.42. The fourth-order valence-electron chi connectivity index (χ4n) is 1.62. The lowest BCUT2D eigenvalue weighted by molar-refractivity contribution is -0.120. The van der Waals surface area contributed by atoms with Crippen LogP contribution in [0.2, 0.25) is 0 Å². The maximum atomic E-state index is 13.4. The number of nitrogens with two attached hydrogens (primary N) is 1. The molecule has 6 heteroatoms. The van der Waals surface area contributed by atoms with Crippen LogP contribution in [0.4, 0.5) is 4.39 Å². The fraction of sp³-hybridized carbons (Fsp3) is 0.308. The number of nitrogens with one attached hydrogen (secondary N) is 1. The highest BCUT2D eigenvalue weighted by Crippen LogP contribution is 2.10. The van der Waals surface area contributed by atoms with Gasteiger partial charge in [-0.2, -0.15) is 5.26 Å². The molecule has 0 aromatic heterocycles. The van der Waals surface area contributed by atoms with E-state index in [0.717, 1.165) is 6.07 Å². The van der Waals surface area contributed by atoms with E-state index in [4.69, 9.17) is 11.0 Å². The molecule has 0 aliphatic rings. The maximum Gasteiger partial charge on any atom is 0.254 e. The van der Waals surface area contributed by atoms with E-state index < -0.39 is 29.6 Å². The van der Waals surface area contributed by atoms with Gasteiger partial charge in [-0.25, -0.2) is 4.39 Å². The number of carbonyl (C=O) groups is 2. The minimum absolute atomic E-state index is 0.0607. The van der Waals surface area contributed by atoms with Gasteiger partial charge in [-0.1, -0.05) is 19.1 Å². The Bertz CT molecular complexity index is 525. The van der Waals surface area contributed by atoms with Gasteiger partial charge in [-0.3, -0.25) is 9.59 Å². The first kappa shape index (κ1) is 14.6. The lowest BCUT2D eigenvalue weighted by Crippen LogP contribution is -2.48. The molecule has 0 heterocycles. The van der Waals surface area contributed by atoms with Crippen molar-refractivity contribution in [3.63, 3.8) is 0 Å². The highest BCUT2D eigenvalue weighted by atomic mass is 19.1. The molecule has 1 aromatic carbocycles. The van der Waals surface area contributed by atoms with Crippen molar-refractivity contribution >= 4 is 11.8 Å². The first-order chi connectivity index (χ1) is 8.97. The lowest BCUT2D eigenvalue weighted by Gasteiger charge is -2.20. The summed E-state index contributed by atoms with van der Waals surface area (Å²) < 4.78 is 13.4. The second-order valence-corrected chi connectivity index (χ2v) is 4.17. The number of rotatable bonds is 5. The van der Waals surface area contributed by atoms with Gasteiger partial charge in [-0.05, 0) is 18.1 Å². The minimum Gasteiger partial charge on any atom is -0.368 e. The molecule has 0 bridgehead atoms. The van der Waals surface area contributed by atoms with Crippen LogP contribution in [0.3, 0.4) is 0 Å². The first-order valence-electron chi connectivity index (χ1n) is 5.69. The molecular weight excluding hydrogens is 249 g/mol. The third-order valence-corrected chi connectivity index (χ3v) is 2.69. The molecule has 0 fully saturated rings. The summed E-state index contributed by atoms with van der Waals surface area (Å²) in [7, 11) is 0.